The molecule has 7 nitrogen and oxygen atoms in total. The van der Waals surface area contributed by atoms with E-state index in [-0.39, 0.29) is 23.4 Å². The Balaban J connectivity index is 1.36. The number of para-hydroxylation sites is 1. The first-order valence-electron chi connectivity index (χ1n) is 10.7. The fourth-order valence-corrected chi connectivity index (χ4v) is 4.89. The average Bonchev–Trinajstić information content (AvgIpc) is 3.66. The van der Waals surface area contributed by atoms with Crippen molar-refractivity contribution in [3.05, 3.63) is 90.3 Å². The Hall–Kier alpha value is -3.62. The SMILES string of the molecule is O=C(NCc1ccc(S(=O)(=O)NC2CC2)cc1)c1cc(-c2ccncc2)nc2ccccc12. The van der Waals surface area contributed by atoms with Crippen molar-refractivity contribution in [2.24, 2.45) is 0 Å². The number of aromatic nitrogens is 2. The molecule has 2 heterocycles. The summed E-state index contributed by atoms with van der Waals surface area (Å²) in [6.45, 7) is 0.274. The van der Waals surface area contributed by atoms with Crippen LogP contribution in [0.15, 0.2) is 84.0 Å². The van der Waals surface area contributed by atoms with Gasteiger partial charge in [0.05, 0.1) is 21.7 Å². The Kier molecular flexibility index (Phi) is 5.62. The van der Waals surface area contributed by atoms with Crippen LogP contribution < -0.4 is 10.0 Å². The molecule has 2 N–H and O–H groups in total. The molecule has 0 spiro atoms. The van der Waals surface area contributed by atoms with E-state index in [2.05, 4.69) is 15.0 Å². The number of rotatable bonds is 7. The van der Waals surface area contributed by atoms with Gasteiger partial charge in [0.15, 0.2) is 0 Å². The molecule has 5 rings (SSSR count). The highest BCUT2D eigenvalue weighted by molar-refractivity contribution is 7.89. The molecule has 2 aromatic heterocycles. The molecule has 0 atom stereocenters. The normalized spacial score (nSPS) is 13.7. The summed E-state index contributed by atoms with van der Waals surface area (Å²) in [6, 6.07) is 19.6. The van der Waals surface area contributed by atoms with Crippen LogP contribution >= 0.6 is 0 Å². The summed E-state index contributed by atoms with van der Waals surface area (Å²) >= 11 is 0. The largest absolute Gasteiger partial charge is 0.348 e. The van der Waals surface area contributed by atoms with Gasteiger partial charge in [-0.3, -0.25) is 9.78 Å². The molecule has 0 radical (unpaired) electrons. The third kappa shape index (κ3) is 4.76. The van der Waals surface area contributed by atoms with Crippen molar-refractivity contribution in [1.82, 2.24) is 20.0 Å². The fourth-order valence-electron chi connectivity index (χ4n) is 3.59. The summed E-state index contributed by atoms with van der Waals surface area (Å²) in [6.07, 6.45) is 5.15. The van der Waals surface area contributed by atoms with E-state index in [0.29, 0.717) is 11.3 Å². The number of amides is 1. The maximum atomic E-state index is 13.1. The first-order valence-corrected chi connectivity index (χ1v) is 12.2. The zero-order valence-corrected chi connectivity index (χ0v) is 18.5. The van der Waals surface area contributed by atoms with Crippen LogP contribution in [0.3, 0.4) is 0 Å². The zero-order valence-electron chi connectivity index (χ0n) is 17.7. The number of benzene rings is 2. The highest BCUT2D eigenvalue weighted by Gasteiger charge is 2.27. The van der Waals surface area contributed by atoms with Crippen LogP contribution in [0.5, 0.6) is 0 Å². The molecule has 0 aliphatic heterocycles. The first kappa shape index (κ1) is 21.2. The molecule has 1 amide bonds. The van der Waals surface area contributed by atoms with E-state index in [1.54, 1.807) is 42.7 Å². The van der Waals surface area contributed by atoms with E-state index in [4.69, 9.17) is 4.98 Å². The van der Waals surface area contributed by atoms with Crippen molar-refractivity contribution in [1.29, 1.82) is 0 Å². The van der Waals surface area contributed by atoms with Crippen LogP contribution in [-0.2, 0) is 16.6 Å². The van der Waals surface area contributed by atoms with Gasteiger partial charge >= 0.3 is 0 Å². The fraction of sp³-hybridized carbons (Fsp3) is 0.160. The van der Waals surface area contributed by atoms with Crippen molar-refractivity contribution in [2.45, 2.75) is 30.3 Å². The molecule has 4 aromatic rings. The molecular formula is C25H22N4O3S. The van der Waals surface area contributed by atoms with E-state index in [9.17, 15) is 13.2 Å². The standard InChI is InChI=1S/C25H22N4O3S/c30-25(27-16-17-5-9-20(10-6-17)33(31,32)29-19-7-8-19)22-15-24(18-11-13-26-14-12-18)28-23-4-2-1-3-21(22)23/h1-6,9-15,19,29H,7-8,16H2,(H,27,30). The first-order chi connectivity index (χ1) is 16.0. The number of fused-ring (bicyclic) bond motifs is 1. The number of nitrogens with one attached hydrogen (secondary N) is 2. The van der Waals surface area contributed by atoms with Crippen molar-refractivity contribution in [3.63, 3.8) is 0 Å². The lowest BCUT2D eigenvalue weighted by molar-refractivity contribution is 0.0952. The maximum absolute atomic E-state index is 13.1. The van der Waals surface area contributed by atoms with Gasteiger partial charge in [-0.2, -0.15) is 0 Å². The van der Waals surface area contributed by atoms with Crippen LogP contribution in [0, 0.1) is 0 Å². The Morgan fingerprint density at radius 2 is 1.70 bits per heavy atom. The van der Waals surface area contributed by atoms with Gasteiger partial charge in [0.2, 0.25) is 10.0 Å². The minimum absolute atomic E-state index is 0.0567. The van der Waals surface area contributed by atoms with Gasteiger partial charge in [0, 0.05) is 35.9 Å². The Morgan fingerprint density at radius 1 is 0.970 bits per heavy atom. The number of sulfonamides is 1. The van der Waals surface area contributed by atoms with Gasteiger partial charge in [-0.15, -0.1) is 0 Å². The van der Waals surface area contributed by atoms with E-state index < -0.39 is 10.0 Å². The molecule has 1 fully saturated rings. The average molecular weight is 459 g/mol. The molecule has 8 heteroatoms. The van der Waals surface area contributed by atoms with Gasteiger partial charge in [-0.1, -0.05) is 30.3 Å². The van der Waals surface area contributed by atoms with Gasteiger partial charge < -0.3 is 5.32 Å². The molecule has 33 heavy (non-hydrogen) atoms. The third-order valence-electron chi connectivity index (χ3n) is 5.52. The summed E-state index contributed by atoms with van der Waals surface area (Å²) in [5.41, 5.74) is 3.64. The minimum Gasteiger partial charge on any atom is -0.348 e. The van der Waals surface area contributed by atoms with Crippen LogP contribution in [0.2, 0.25) is 0 Å². The summed E-state index contributed by atoms with van der Waals surface area (Å²) in [5.74, 6) is -0.226. The van der Waals surface area contributed by atoms with Gasteiger partial charge in [-0.25, -0.2) is 18.1 Å². The predicted octanol–water partition coefficient (Wildman–Crippen LogP) is 3.67. The van der Waals surface area contributed by atoms with E-state index >= 15 is 0 Å². The number of hydrogen-bond donors (Lipinski definition) is 2. The molecule has 2 aromatic carbocycles. The quantitative estimate of drug-likeness (QED) is 0.440. The molecule has 1 saturated carbocycles. The van der Waals surface area contributed by atoms with Crippen molar-refractivity contribution >= 4 is 26.8 Å². The second kappa shape index (κ2) is 8.73. The van der Waals surface area contributed by atoms with Crippen molar-refractivity contribution in [2.75, 3.05) is 0 Å². The zero-order chi connectivity index (χ0) is 22.8. The minimum atomic E-state index is -3.49. The monoisotopic (exact) mass is 458 g/mol. The number of nitrogens with zero attached hydrogens (tertiary/aromatic N) is 2. The molecule has 1 aliphatic rings. The highest BCUT2D eigenvalue weighted by atomic mass is 32.2. The Morgan fingerprint density at radius 3 is 2.42 bits per heavy atom. The number of hydrogen-bond acceptors (Lipinski definition) is 5. The Labute approximate surface area is 192 Å². The lowest BCUT2D eigenvalue weighted by Gasteiger charge is -2.11. The smallest absolute Gasteiger partial charge is 0.252 e. The van der Waals surface area contributed by atoms with Crippen molar-refractivity contribution in [3.8, 4) is 11.3 Å². The van der Waals surface area contributed by atoms with Crippen molar-refractivity contribution < 1.29 is 13.2 Å². The van der Waals surface area contributed by atoms with Crippen LogP contribution in [0.25, 0.3) is 22.2 Å². The number of carbonyl (C=O) groups is 1. The van der Waals surface area contributed by atoms with E-state index in [1.807, 2.05) is 36.4 Å². The summed E-state index contributed by atoms with van der Waals surface area (Å²) in [7, 11) is -3.49. The lowest BCUT2D eigenvalue weighted by Crippen LogP contribution is -2.26. The number of carbonyl (C=O) groups excluding carboxylic acids is 1. The number of pyridine rings is 2. The molecule has 0 unspecified atom stereocenters. The molecule has 0 saturated heterocycles. The molecule has 0 bridgehead atoms. The van der Waals surface area contributed by atoms with Gasteiger partial charge in [-0.05, 0) is 54.8 Å². The summed E-state index contributed by atoms with van der Waals surface area (Å²) < 4.78 is 27.3. The van der Waals surface area contributed by atoms with Crippen LogP contribution in [0.1, 0.15) is 28.8 Å². The Bertz CT molecular complexity index is 1420. The van der Waals surface area contributed by atoms with Crippen LogP contribution in [0.4, 0.5) is 0 Å². The second-order valence-electron chi connectivity index (χ2n) is 8.03. The van der Waals surface area contributed by atoms with Gasteiger partial charge in [0.1, 0.15) is 0 Å². The molecular weight excluding hydrogens is 436 g/mol. The lowest BCUT2D eigenvalue weighted by atomic mass is 10.0. The van der Waals surface area contributed by atoms with Crippen LogP contribution in [-0.4, -0.2) is 30.3 Å². The van der Waals surface area contributed by atoms with E-state index in [0.717, 1.165) is 34.9 Å². The van der Waals surface area contributed by atoms with Gasteiger partial charge in [0.25, 0.3) is 5.91 Å². The van der Waals surface area contributed by atoms with E-state index in [1.165, 1.54) is 0 Å². The third-order valence-corrected chi connectivity index (χ3v) is 7.06. The second-order valence-corrected chi connectivity index (χ2v) is 9.74. The summed E-state index contributed by atoms with van der Waals surface area (Å²) in [4.78, 5) is 22.1. The predicted molar refractivity (Wildman–Crippen MR) is 126 cm³/mol. The molecule has 1 aliphatic carbocycles. The summed E-state index contributed by atoms with van der Waals surface area (Å²) in [5, 5.41) is 3.71. The molecule has 166 valence electrons. The topological polar surface area (TPSA) is 101 Å². The maximum Gasteiger partial charge on any atom is 0.252 e. The highest BCUT2D eigenvalue weighted by Crippen LogP contribution is 2.25.